The van der Waals surface area contributed by atoms with Crippen LogP contribution >= 0.6 is 0 Å². The first kappa shape index (κ1) is 78.2. The molecule has 3 aromatic heterocycles. The first-order valence-corrected chi connectivity index (χ1v) is 38.0. The highest BCUT2D eigenvalue weighted by atomic mass is 16.5. The van der Waals surface area contributed by atoms with Crippen molar-refractivity contribution in [1.29, 1.82) is 0 Å². The molecule has 7 aliphatic rings. The summed E-state index contributed by atoms with van der Waals surface area (Å²) in [5, 5.41) is 46.4. The third kappa shape index (κ3) is 21.3. The van der Waals surface area contributed by atoms with Gasteiger partial charge in [-0.05, 0) is 181 Å². The Morgan fingerprint density at radius 3 is 1.72 bits per heavy atom. The average molecular weight is 1460 g/mol. The average Bonchev–Trinajstić information content (AvgIpc) is 1.61. The summed E-state index contributed by atoms with van der Waals surface area (Å²) >= 11 is 0. The number of nitrogens with zero attached hydrogens (tertiary/aromatic N) is 3. The largest absolute Gasteiger partial charge is 0.508 e. The van der Waals surface area contributed by atoms with Crippen LogP contribution in [-0.4, -0.2) is 122 Å². The lowest BCUT2D eigenvalue weighted by atomic mass is 9.85. The number of para-hydroxylation sites is 10. The molecule has 10 heterocycles. The Bertz CT molecular complexity index is 4880. The fourth-order valence-electron chi connectivity index (χ4n) is 14.4. The van der Waals surface area contributed by atoms with Crippen LogP contribution in [0.1, 0.15) is 66.1 Å². The number of aliphatic carboxylic acids is 1. The van der Waals surface area contributed by atoms with Gasteiger partial charge in [0.2, 0.25) is 0 Å². The zero-order chi connectivity index (χ0) is 76.3. The van der Waals surface area contributed by atoms with Gasteiger partial charge >= 0.3 is 5.97 Å². The number of hydrogen-bond acceptors (Lipinski definition) is 12. The molecule has 2 unspecified atom stereocenters. The maximum absolute atomic E-state index is 10.6. The summed E-state index contributed by atoms with van der Waals surface area (Å²) in [4.78, 5) is 26.8. The molecule has 16 heteroatoms. The van der Waals surface area contributed by atoms with Gasteiger partial charge in [0.05, 0.1) is 12.8 Å². The number of benzene rings is 10. The van der Waals surface area contributed by atoms with Crippen LogP contribution in [0.4, 0.5) is 39.8 Å². The number of carboxylic acid groups (broad SMARTS) is 1. The molecular formula is C93H107N11O5. The number of aromatic hydroxyl groups is 1. The number of likely N-dealkylation sites (N-methyl/N-ethyl adjacent to an activating group) is 2. The Morgan fingerprint density at radius 1 is 0.532 bits per heavy atom. The number of aryl methyl sites for hydroxylation is 1. The summed E-state index contributed by atoms with van der Waals surface area (Å²) in [7, 11) is 5.95. The minimum absolute atomic E-state index is 0.0886. The van der Waals surface area contributed by atoms with Crippen LogP contribution in [-0.2, 0) is 48.7 Å². The van der Waals surface area contributed by atoms with Gasteiger partial charge in [-0.25, -0.2) is 4.79 Å². The number of aromatic amines is 3. The monoisotopic (exact) mass is 1460 g/mol. The summed E-state index contributed by atoms with van der Waals surface area (Å²) in [6, 6.07) is 84.2. The van der Waals surface area contributed by atoms with E-state index in [-0.39, 0.29) is 12.0 Å². The number of piperazine rings is 1. The number of phenolic OH excluding ortho intramolecular Hbond substituents is 1. The number of aliphatic hydroxyl groups is 1. The second kappa shape index (κ2) is 39.1. The zero-order valence-corrected chi connectivity index (χ0v) is 63.9. The fraction of sp³-hybridized carbons (Fsp3) is 0.258. The summed E-state index contributed by atoms with van der Waals surface area (Å²) in [6.07, 6.45) is 13.2. The minimum atomic E-state index is -0.786. The van der Waals surface area contributed by atoms with Crippen molar-refractivity contribution >= 4 is 78.5 Å². The molecule has 109 heavy (non-hydrogen) atoms. The molecule has 13 aromatic rings. The Kier molecular flexibility index (Phi) is 28.1. The van der Waals surface area contributed by atoms with E-state index in [0.717, 1.165) is 79.1 Å². The lowest BCUT2D eigenvalue weighted by molar-refractivity contribution is -0.137. The van der Waals surface area contributed by atoms with E-state index in [2.05, 4.69) is 255 Å². The molecule has 7 aliphatic heterocycles. The molecular weight excluding hydrogens is 1350 g/mol. The highest BCUT2D eigenvalue weighted by Crippen LogP contribution is 2.45. The van der Waals surface area contributed by atoms with Gasteiger partial charge in [-0.2, -0.15) is 0 Å². The number of fused-ring (bicyclic) bond motifs is 9. The number of aromatic nitrogens is 3. The number of anilines is 7. The number of hydrogen-bond donors (Lipinski definition) is 11. The second-order valence-corrected chi connectivity index (χ2v) is 28.3. The molecule has 20 rings (SSSR count). The second-order valence-electron chi connectivity index (χ2n) is 28.3. The molecule has 1 fully saturated rings. The number of H-pyrrole nitrogens is 3. The topological polar surface area (TPSA) is 204 Å². The number of carbonyl (C=O) groups is 1. The molecule has 11 N–H and O–H groups in total. The van der Waals surface area contributed by atoms with Crippen molar-refractivity contribution < 1.29 is 24.9 Å². The molecule has 2 atom stereocenters. The van der Waals surface area contributed by atoms with Gasteiger partial charge in [-0.1, -0.05) is 178 Å². The Balaban J connectivity index is 0.000000121. The number of ether oxygens (including phenoxy) is 1. The highest BCUT2D eigenvalue weighted by Gasteiger charge is 2.36. The molecule has 0 amide bonds. The Hall–Kier alpha value is -11.9. The number of aliphatic hydroxyl groups excluding tert-OH is 1. The van der Waals surface area contributed by atoms with Crippen LogP contribution in [0.25, 0.3) is 32.7 Å². The van der Waals surface area contributed by atoms with Crippen molar-refractivity contribution in [2.45, 2.75) is 83.2 Å². The van der Waals surface area contributed by atoms with Crippen molar-refractivity contribution in [3.05, 3.63) is 319 Å². The van der Waals surface area contributed by atoms with Gasteiger partial charge in [0.15, 0.2) is 0 Å². The van der Waals surface area contributed by atoms with E-state index in [0.29, 0.717) is 18.2 Å². The van der Waals surface area contributed by atoms with E-state index in [9.17, 15) is 4.79 Å². The van der Waals surface area contributed by atoms with Gasteiger partial charge in [0, 0.05) is 170 Å². The van der Waals surface area contributed by atoms with E-state index in [1.165, 1.54) is 128 Å². The van der Waals surface area contributed by atoms with E-state index >= 15 is 0 Å². The zero-order valence-electron chi connectivity index (χ0n) is 63.9. The first-order chi connectivity index (χ1) is 53.1. The Labute approximate surface area is 642 Å². The van der Waals surface area contributed by atoms with Gasteiger partial charge in [-0.15, -0.1) is 0 Å². The molecule has 10 aromatic carbocycles. The number of rotatable bonds is 5. The van der Waals surface area contributed by atoms with E-state index in [4.69, 9.17) is 20.1 Å². The molecule has 1 saturated heterocycles. The van der Waals surface area contributed by atoms with Crippen LogP contribution in [0.5, 0.6) is 11.5 Å². The van der Waals surface area contributed by atoms with E-state index < -0.39 is 12.0 Å². The molecule has 0 spiro atoms. The van der Waals surface area contributed by atoms with Gasteiger partial charge in [0.1, 0.15) is 17.5 Å². The quantitative estimate of drug-likeness (QED) is 0.0777. The number of phenols is 1. The maximum atomic E-state index is 10.6. The third-order valence-corrected chi connectivity index (χ3v) is 20.5. The van der Waals surface area contributed by atoms with E-state index in [1.807, 2.05) is 97.5 Å². The highest BCUT2D eigenvalue weighted by molar-refractivity contribution is 5.84. The van der Waals surface area contributed by atoms with Gasteiger partial charge < -0.3 is 76.3 Å². The van der Waals surface area contributed by atoms with Gasteiger partial charge in [0.25, 0.3) is 0 Å². The van der Waals surface area contributed by atoms with Crippen molar-refractivity contribution in [3.63, 3.8) is 0 Å². The number of allylic oxidation sites excluding steroid dienone is 1. The fourth-order valence-corrected chi connectivity index (χ4v) is 14.4. The van der Waals surface area contributed by atoms with Crippen molar-refractivity contribution in [2.24, 2.45) is 0 Å². The molecule has 564 valence electrons. The van der Waals surface area contributed by atoms with Crippen LogP contribution in [0.15, 0.2) is 280 Å². The van der Waals surface area contributed by atoms with Crippen LogP contribution in [0.2, 0.25) is 0 Å². The van der Waals surface area contributed by atoms with E-state index in [1.54, 1.807) is 19.2 Å². The van der Waals surface area contributed by atoms with Crippen LogP contribution in [0, 0.1) is 0 Å². The predicted molar refractivity (Wildman–Crippen MR) is 456 cm³/mol. The smallest absolute Gasteiger partial charge is 0.326 e. The minimum Gasteiger partial charge on any atom is -0.508 e. The lowest BCUT2D eigenvalue weighted by Crippen LogP contribution is -2.43. The van der Waals surface area contributed by atoms with Crippen molar-refractivity contribution in [3.8, 4) is 11.5 Å². The molecule has 0 bridgehead atoms. The molecule has 0 saturated carbocycles. The summed E-state index contributed by atoms with van der Waals surface area (Å²) in [6.45, 7) is 18.6. The molecule has 0 aliphatic carbocycles. The summed E-state index contributed by atoms with van der Waals surface area (Å²) in [5.41, 5.74) is 23.0. The van der Waals surface area contributed by atoms with Crippen LogP contribution in [0.3, 0.4) is 0 Å². The normalized spacial score (nSPS) is 15.7. The van der Waals surface area contributed by atoms with Crippen molar-refractivity contribution in [2.75, 3.05) is 110 Å². The Morgan fingerprint density at radius 2 is 1.08 bits per heavy atom. The van der Waals surface area contributed by atoms with Gasteiger partial charge in [-0.3, -0.25) is 0 Å². The molecule has 16 nitrogen and oxygen atoms in total. The van der Waals surface area contributed by atoms with Crippen molar-refractivity contribution in [1.82, 2.24) is 20.3 Å². The van der Waals surface area contributed by atoms with Crippen LogP contribution < -0.4 is 46.0 Å². The maximum Gasteiger partial charge on any atom is 0.326 e. The SMILES string of the molecule is C=C1N(C)c2ccccc2C1(C)C.CC1Cc2ccccc2N1.CN1CCc2ccccc21.COc1ccccc1N1CCNCC1.O=C(O)C1Cc2ccccc2N1.OCCc1c[nH]c2ccccc12.Oc1ccc2[nH]ccc2c1.c1ccc2[nH]ccc2c1.c1ccc2c(c1)CCCN2.c1ccc2c(c1)CCN2. The lowest BCUT2D eigenvalue weighted by Gasteiger charge is -2.30. The number of methoxy groups -OCH3 is 1. The number of nitrogens with one attached hydrogen (secondary N) is 8. The predicted octanol–water partition coefficient (Wildman–Crippen LogP) is 18.3. The first-order valence-electron chi connectivity index (χ1n) is 38.0. The summed E-state index contributed by atoms with van der Waals surface area (Å²) < 4.78 is 5.34. The third-order valence-electron chi connectivity index (χ3n) is 20.5. The standard InChI is InChI=1S/C12H15N.C11H16N2O.C10H11NO.C9H9NO2.3C9H11N.C8H7NO.C8H9N.C8H7N/c1-9-12(2,3)10-7-5-6-8-11(10)13(9)4;1-14-11-5-3-2-4-10(11)13-8-6-12-7-9-13;12-6-5-8-7-11-10-4-2-1-3-9(8)10;11-9(12)8-5-6-3-1-2-4-7(6)10-8;1-10-7-6-8-4-2-3-5-9(8)10;1-7-6-8-4-2-3-5-9(8)10-7;1-2-6-9-8(4-1)5-3-7-10-9;10-7-1-2-8-6(5-7)3-4-9-8;2*1-2-4-8-7(3-1)5-6-9-8/h5-8H,1H2,2-4H3;2-5,12H,6-9H2,1H3;1-4,7,11-12H,5-6H2;1-4,8,10H,5H2,(H,11,12);2-5H,6-7H2,1H3;2-5,7,10H,6H2,1H3;1-2,4,6,10H,3,5,7H2;1-5,9-10H;1-4,9H,5-6H2;1-6,9H. The molecule has 0 radical (unpaired) electrons. The summed E-state index contributed by atoms with van der Waals surface area (Å²) in [5.74, 6) is 0.493. The number of carboxylic acids is 1.